The van der Waals surface area contributed by atoms with Crippen LogP contribution in [0.15, 0.2) is 11.8 Å². The van der Waals surface area contributed by atoms with Crippen LogP contribution in [0.25, 0.3) is 0 Å². The molecular weight excluding hydrogens is 280 g/mol. The van der Waals surface area contributed by atoms with Crippen LogP contribution in [0, 0.1) is 11.3 Å². The number of carboxylic acids is 1. The third-order valence-electron chi connectivity index (χ3n) is 2.24. The first-order valence-corrected chi connectivity index (χ1v) is 6.16. The molecule has 4 N–H and O–H groups in total. The first kappa shape index (κ1) is 18.4. The zero-order chi connectivity index (χ0) is 16.4. The summed E-state index contributed by atoms with van der Waals surface area (Å²) in [5.41, 5.74) is 4.91. The summed E-state index contributed by atoms with van der Waals surface area (Å²) in [4.78, 5) is 35.0. The molecule has 2 amide bonds. The summed E-state index contributed by atoms with van der Waals surface area (Å²) in [6.07, 6.45) is 0.226. The van der Waals surface area contributed by atoms with E-state index in [1.54, 1.807) is 13.0 Å². The van der Waals surface area contributed by atoms with E-state index in [4.69, 9.17) is 20.8 Å². The van der Waals surface area contributed by atoms with Crippen molar-refractivity contribution in [3.63, 3.8) is 0 Å². The highest BCUT2D eigenvalue weighted by atomic mass is 16.6. The molecule has 0 radical (unpaired) electrons. The van der Waals surface area contributed by atoms with Crippen molar-refractivity contribution in [2.45, 2.75) is 19.9 Å². The summed E-state index contributed by atoms with van der Waals surface area (Å²) in [6.45, 7) is 3.12. The Labute approximate surface area is 121 Å². The molecule has 0 aliphatic rings. The topological polar surface area (TPSA) is 146 Å². The Morgan fingerprint density at radius 2 is 2.14 bits per heavy atom. The summed E-state index contributed by atoms with van der Waals surface area (Å²) in [6, 6.07) is 0.431. The number of nitrogens with two attached hydrogens (primary N) is 1. The normalized spacial score (nSPS) is 12.0. The zero-order valence-electron chi connectivity index (χ0n) is 11.8. The lowest BCUT2D eigenvalue weighted by Crippen LogP contribution is -2.40. The highest BCUT2D eigenvalue weighted by Gasteiger charge is 2.20. The number of nitrogens with one attached hydrogen (secondary N) is 1. The average Bonchev–Trinajstić information content (AvgIpc) is 2.43. The summed E-state index contributed by atoms with van der Waals surface area (Å²) in [5, 5.41) is 19.7. The standard InChI is InChI=1S/C12H18N4O5/c1-3-21-12(20)16(5-4-13)7-9(6-14)10(17)15-8(2)11(18)19/h7-8H,3-5,13H2,1-2H3,(H,15,17)(H,18,19)/b9-7-. The van der Waals surface area contributed by atoms with Crippen LogP contribution < -0.4 is 11.1 Å². The van der Waals surface area contributed by atoms with Gasteiger partial charge >= 0.3 is 12.1 Å². The summed E-state index contributed by atoms with van der Waals surface area (Å²) in [7, 11) is 0. The first-order chi connectivity index (χ1) is 9.87. The summed E-state index contributed by atoms with van der Waals surface area (Å²) < 4.78 is 4.75. The van der Waals surface area contributed by atoms with Gasteiger partial charge in [0, 0.05) is 19.3 Å². The molecule has 0 rings (SSSR count). The molecule has 0 fully saturated rings. The van der Waals surface area contributed by atoms with Gasteiger partial charge in [-0.15, -0.1) is 0 Å². The Bertz CT molecular complexity index is 469. The number of ether oxygens (including phenoxy) is 1. The van der Waals surface area contributed by atoms with Gasteiger partial charge in [0.1, 0.15) is 17.7 Å². The molecule has 0 aliphatic heterocycles. The number of hydrogen-bond acceptors (Lipinski definition) is 6. The second-order valence-electron chi connectivity index (χ2n) is 3.87. The number of nitriles is 1. The number of amides is 2. The second kappa shape index (κ2) is 9.33. The number of carboxylic acid groups (broad SMARTS) is 1. The van der Waals surface area contributed by atoms with Gasteiger partial charge in [-0.2, -0.15) is 5.26 Å². The maximum Gasteiger partial charge on any atom is 0.413 e. The zero-order valence-corrected chi connectivity index (χ0v) is 11.8. The first-order valence-electron chi connectivity index (χ1n) is 6.16. The largest absolute Gasteiger partial charge is 0.480 e. The second-order valence-corrected chi connectivity index (χ2v) is 3.87. The number of hydrogen-bond donors (Lipinski definition) is 3. The van der Waals surface area contributed by atoms with Crippen LogP contribution in [0.5, 0.6) is 0 Å². The number of rotatable bonds is 7. The third-order valence-corrected chi connectivity index (χ3v) is 2.24. The molecule has 0 bridgehead atoms. The number of carbonyl (C=O) groups excluding carboxylic acids is 2. The van der Waals surface area contributed by atoms with Crippen molar-refractivity contribution in [1.29, 1.82) is 5.26 Å². The van der Waals surface area contributed by atoms with E-state index in [2.05, 4.69) is 5.32 Å². The maximum absolute atomic E-state index is 11.7. The summed E-state index contributed by atoms with van der Waals surface area (Å²) in [5.74, 6) is -2.15. The smallest absolute Gasteiger partial charge is 0.413 e. The Morgan fingerprint density at radius 3 is 2.57 bits per heavy atom. The number of nitrogens with zero attached hydrogens (tertiary/aromatic N) is 2. The molecule has 21 heavy (non-hydrogen) atoms. The van der Waals surface area contributed by atoms with E-state index in [1.165, 1.54) is 6.92 Å². The van der Waals surface area contributed by atoms with Gasteiger partial charge in [-0.05, 0) is 13.8 Å². The molecule has 0 heterocycles. The average molecular weight is 298 g/mol. The van der Waals surface area contributed by atoms with Crippen molar-refractivity contribution in [1.82, 2.24) is 10.2 Å². The third kappa shape index (κ3) is 6.40. The van der Waals surface area contributed by atoms with Crippen molar-refractivity contribution < 1.29 is 24.2 Å². The minimum absolute atomic E-state index is 0.0474. The number of carbonyl (C=O) groups is 3. The fourth-order valence-electron chi connectivity index (χ4n) is 1.18. The van der Waals surface area contributed by atoms with Crippen molar-refractivity contribution in [2.75, 3.05) is 19.7 Å². The van der Waals surface area contributed by atoms with Gasteiger partial charge in [-0.25, -0.2) is 4.79 Å². The SMILES string of the molecule is CCOC(=O)N(/C=C(/C#N)C(=O)NC(C)C(=O)O)CCN. The van der Waals surface area contributed by atoms with Crippen molar-refractivity contribution >= 4 is 18.0 Å². The van der Waals surface area contributed by atoms with Gasteiger partial charge in [0.05, 0.1) is 6.61 Å². The molecule has 0 aliphatic carbocycles. The molecule has 116 valence electrons. The van der Waals surface area contributed by atoms with Crippen molar-refractivity contribution in [3.8, 4) is 6.07 Å². The molecule has 1 unspecified atom stereocenters. The van der Waals surface area contributed by atoms with E-state index >= 15 is 0 Å². The fraction of sp³-hybridized carbons (Fsp3) is 0.500. The molecule has 0 saturated carbocycles. The van der Waals surface area contributed by atoms with Gasteiger partial charge < -0.3 is 20.9 Å². The highest BCUT2D eigenvalue weighted by molar-refractivity contribution is 5.99. The predicted molar refractivity (Wildman–Crippen MR) is 71.7 cm³/mol. The molecule has 1 atom stereocenters. The maximum atomic E-state index is 11.7. The lowest BCUT2D eigenvalue weighted by molar-refractivity contribution is -0.140. The highest BCUT2D eigenvalue weighted by Crippen LogP contribution is 2.02. The van der Waals surface area contributed by atoms with E-state index in [9.17, 15) is 14.4 Å². The Hall–Kier alpha value is -2.60. The van der Waals surface area contributed by atoms with Crippen molar-refractivity contribution in [2.24, 2.45) is 5.73 Å². The van der Waals surface area contributed by atoms with E-state index < -0.39 is 29.6 Å². The van der Waals surface area contributed by atoms with Crippen LogP contribution in [0.1, 0.15) is 13.8 Å². The molecule has 0 aromatic heterocycles. The molecule has 9 nitrogen and oxygen atoms in total. The minimum Gasteiger partial charge on any atom is -0.480 e. The van der Waals surface area contributed by atoms with Gasteiger partial charge in [0.25, 0.3) is 5.91 Å². The van der Waals surface area contributed by atoms with E-state index in [-0.39, 0.29) is 19.7 Å². The van der Waals surface area contributed by atoms with Gasteiger partial charge in [0.2, 0.25) is 0 Å². The lowest BCUT2D eigenvalue weighted by Gasteiger charge is -2.17. The van der Waals surface area contributed by atoms with Crippen LogP contribution in [0.4, 0.5) is 4.79 Å². The predicted octanol–water partition coefficient (Wildman–Crippen LogP) is -0.600. The van der Waals surface area contributed by atoms with Crippen LogP contribution in [-0.2, 0) is 14.3 Å². The minimum atomic E-state index is -1.25. The van der Waals surface area contributed by atoms with Crippen LogP contribution >= 0.6 is 0 Å². The molecule has 0 aromatic carbocycles. The molecule has 9 heteroatoms. The van der Waals surface area contributed by atoms with E-state index in [0.29, 0.717) is 0 Å². The molecular formula is C12H18N4O5. The molecule has 0 spiro atoms. The monoisotopic (exact) mass is 298 g/mol. The quantitative estimate of drug-likeness (QED) is 0.420. The Balaban J connectivity index is 5.10. The Morgan fingerprint density at radius 1 is 1.52 bits per heavy atom. The van der Waals surface area contributed by atoms with Crippen molar-refractivity contribution in [3.05, 3.63) is 11.8 Å². The van der Waals surface area contributed by atoms with E-state index in [1.807, 2.05) is 0 Å². The molecule has 0 aromatic rings. The lowest BCUT2D eigenvalue weighted by atomic mass is 10.2. The van der Waals surface area contributed by atoms with Crippen LogP contribution in [0.2, 0.25) is 0 Å². The van der Waals surface area contributed by atoms with Crippen LogP contribution in [-0.4, -0.2) is 53.7 Å². The van der Waals surface area contributed by atoms with Crippen LogP contribution in [0.3, 0.4) is 0 Å². The Kier molecular flexibility index (Phi) is 8.17. The van der Waals surface area contributed by atoms with Gasteiger partial charge in [0.15, 0.2) is 0 Å². The number of aliphatic carboxylic acids is 1. The van der Waals surface area contributed by atoms with E-state index in [0.717, 1.165) is 11.1 Å². The summed E-state index contributed by atoms with van der Waals surface area (Å²) >= 11 is 0. The fourth-order valence-corrected chi connectivity index (χ4v) is 1.18. The molecule has 0 saturated heterocycles. The van der Waals surface area contributed by atoms with Gasteiger partial charge in [-0.1, -0.05) is 0 Å². The van der Waals surface area contributed by atoms with Gasteiger partial charge in [-0.3, -0.25) is 14.5 Å².